The van der Waals surface area contributed by atoms with Gasteiger partial charge in [-0.2, -0.15) is 5.26 Å². The molecule has 0 unspecified atom stereocenters. The Labute approximate surface area is 112 Å². The van der Waals surface area contributed by atoms with Crippen molar-refractivity contribution < 1.29 is 4.79 Å². The number of nitriles is 1. The zero-order chi connectivity index (χ0) is 13.1. The van der Waals surface area contributed by atoms with Crippen LogP contribution < -0.4 is 4.90 Å². The topological polar surface area (TPSA) is 44.1 Å². The van der Waals surface area contributed by atoms with Crippen molar-refractivity contribution in [1.82, 2.24) is 0 Å². The summed E-state index contributed by atoms with van der Waals surface area (Å²) in [4.78, 5) is 13.4. The first-order valence-electron chi connectivity index (χ1n) is 6.06. The van der Waals surface area contributed by atoms with Gasteiger partial charge in [0.2, 0.25) is 0 Å². The lowest BCUT2D eigenvalue weighted by molar-refractivity contribution is -0.120. The Morgan fingerprint density at radius 1 is 1.39 bits per heavy atom. The summed E-state index contributed by atoms with van der Waals surface area (Å²) in [6.07, 6.45) is 3.12. The smallest absolute Gasteiger partial charge is 0.133 e. The minimum atomic E-state index is 0.359. The van der Waals surface area contributed by atoms with Gasteiger partial charge in [0.15, 0.2) is 0 Å². The maximum absolute atomic E-state index is 11.2. The zero-order valence-electron chi connectivity index (χ0n) is 10.3. The predicted molar refractivity (Wildman–Crippen MR) is 71.8 cm³/mol. The van der Waals surface area contributed by atoms with Gasteiger partial charge in [0.05, 0.1) is 10.6 Å². The zero-order valence-corrected chi connectivity index (χ0v) is 11.1. The van der Waals surface area contributed by atoms with E-state index in [4.69, 9.17) is 16.9 Å². The van der Waals surface area contributed by atoms with Crippen molar-refractivity contribution in [1.29, 1.82) is 5.26 Å². The second kappa shape index (κ2) is 5.41. The fourth-order valence-corrected chi connectivity index (χ4v) is 2.55. The number of rotatable bonds is 2. The van der Waals surface area contributed by atoms with Crippen LogP contribution in [-0.2, 0) is 4.79 Å². The van der Waals surface area contributed by atoms with Crippen molar-refractivity contribution in [2.75, 3.05) is 11.9 Å². The quantitative estimate of drug-likeness (QED) is 0.822. The van der Waals surface area contributed by atoms with Crippen molar-refractivity contribution in [3.63, 3.8) is 0 Å². The van der Waals surface area contributed by atoms with Crippen LogP contribution in [0.1, 0.15) is 31.2 Å². The molecule has 0 atom stereocenters. The largest absolute Gasteiger partial charge is 0.372 e. The monoisotopic (exact) mass is 262 g/mol. The molecule has 18 heavy (non-hydrogen) atoms. The first-order valence-corrected chi connectivity index (χ1v) is 6.44. The number of carbonyl (C=O) groups excluding carboxylic acids is 1. The van der Waals surface area contributed by atoms with Crippen LogP contribution in [0.4, 0.5) is 5.69 Å². The van der Waals surface area contributed by atoms with E-state index in [9.17, 15) is 4.79 Å². The molecule has 1 aromatic carbocycles. The van der Waals surface area contributed by atoms with E-state index in [2.05, 4.69) is 11.0 Å². The molecule has 3 nitrogen and oxygen atoms in total. The van der Waals surface area contributed by atoms with Crippen LogP contribution in [0.25, 0.3) is 0 Å². The van der Waals surface area contributed by atoms with E-state index in [1.54, 1.807) is 6.07 Å². The summed E-state index contributed by atoms with van der Waals surface area (Å²) in [7, 11) is 2.01. The maximum atomic E-state index is 11.2. The van der Waals surface area contributed by atoms with Crippen LogP contribution in [0.15, 0.2) is 18.2 Å². The summed E-state index contributed by atoms with van der Waals surface area (Å²) in [5.74, 6) is 0.359. The summed E-state index contributed by atoms with van der Waals surface area (Å²) in [6.45, 7) is 0. The molecule has 1 aromatic rings. The first kappa shape index (κ1) is 12.9. The highest BCUT2D eigenvalue weighted by Gasteiger charge is 2.22. The van der Waals surface area contributed by atoms with E-state index in [1.165, 1.54) is 0 Å². The first-order chi connectivity index (χ1) is 8.61. The molecule has 94 valence electrons. The molecule has 1 saturated carbocycles. The van der Waals surface area contributed by atoms with E-state index < -0.39 is 0 Å². The van der Waals surface area contributed by atoms with Crippen LogP contribution >= 0.6 is 11.6 Å². The van der Waals surface area contributed by atoms with Gasteiger partial charge in [0.25, 0.3) is 0 Å². The number of carbonyl (C=O) groups is 1. The van der Waals surface area contributed by atoms with E-state index in [0.29, 0.717) is 35.3 Å². The van der Waals surface area contributed by atoms with E-state index in [1.807, 2.05) is 19.2 Å². The molecule has 1 aliphatic carbocycles. The van der Waals surface area contributed by atoms with Gasteiger partial charge in [-0.15, -0.1) is 0 Å². The van der Waals surface area contributed by atoms with Gasteiger partial charge in [0, 0.05) is 31.6 Å². The highest BCUT2D eigenvalue weighted by atomic mass is 35.5. The van der Waals surface area contributed by atoms with Crippen LogP contribution in [0, 0.1) is 11.3 Å². The van der Waals surface area contributed by atoms with Gasteiger partial charge in [-0.3, -0.25) is 4.79 Å². The maximum Gasteiger partial charge on any atom is 0.133 e. The van der Waals surface area contributed by atoms with Crippen molar-refractivity contribution in [2.24, 2.45) is 0 Å². The number of nitrogens with zero attached hydrogens (tertiary/aromatic N) is 2. The molecule has 0 spiro atoms. The van der Waals surface area contributed by atoms with Gasteiger partial charge in [0.1, 0.15) is 11.9 Å². The lowest BCUT2D eigenvalue weighted by Crippen LogP contribution is -2.35. The van der Waals surface area contributed by atoms with Crippen molar-refractivity contribution in [3.8, 4) is 6.07 Å². The Bertz CT molecular complexity index is 497. The van der Waals surface area contributed by atoms with Gasteiger partial charge in [-0.1, -0.05) is 11.6 Å². The Morgan fingerprint density at radius 3 is 2.61 bits per heavy atom. The molecule has 0 bridgehead atoms. The summed E-state index contributed by atoms with van der Waals surface area (Å²) in [6, 6.07) is 7.89. The third kappa shape index (κ3) is 2.65. The Hall–Kier alpha value is -1.53. The number of benzene rings is 1. The van der Waals surface area contributed by atoms with Crippen molar-refractivity contribution >= 4 is 23.1 Å². The van der Waals surface area contributed by atoms with Crippen LogP contribution in [0.3, 0.4) is 0 Å². The average molecular weight is 263 g/mol. The standard InChI is InChI=1S/C14H15ClN2O/c1-17(11-4-6-13(18)7-5-11)12-3-2-10(9-16)14(15)8-12/h2-3,8,11H,4-7H2,1H3. The van der Waals surface area contributed by atoms with Gasteiger partial charge in [-0.25, -0.2) is 0 Å². The third-order valence-electron chi connectivity index (χ3n) is 3.54. The average Bonchev–Trinajstić information content (AvgIpc) is 2.38. The van der Waals surface area contributed by atoms with Crippen LogP contribution in [0.5, 0.6) is 0 Å². The molecular weight excluding hydrogens is 248 g/mol. The fraction of sp³-hybridized carbons (Fsp3) is 0.429. The molecule has 0 N–H and O–H groups in total. The van der Waals surface area contributed by atoms with Crippen molar-refractivity contribution in [2.45, 2.75) is 31.7 Å². The second-order valence-corrected chi connectivity index (χ2v) is 5.06. The lowest BCUT2D eigenvalue weighted by atomic mass is 9.93. The number of halogens is 1. The molecular formula is C14H15ClN2O. The number of hydrogen-bond acceptors (Lipinski definition) is 3. The Balaban J connectivity index is 2.14. The molecule has 0 saturated heterocycles. The van der Waals surface area contributed by atoms with Gasteiger partial charge >= 0.3 is 0 Å². The minimum absolute atomic E-state index is 0.359. The number of anilines is 1. The van der Waals surface area contributed by atoms with Gasteiger partial charge in [-0.05, 0) is 31.0 Å². The molecule has 0 heterocycles. The van der Waals surface area contributed by atoms with E-state index in [0.717, 1.165) is 18.5 Å². The Kier molecular flexibility index (Phi) is 3.88. The molecule has 1 aliphatic rings. The predicted octanol–water partition coefficient (Wildman–Crippen LogP) is 3.16. The molecule has 0 aliphatic heterocycles. The highest BCUT2D eigenvalue weighted by molar-refractivity contribution is 6.32. The molecule has 0 radical (unpaired) electrons. The minimum Gasteiger partial charge on any atom is -0.372 e. The third-order valence-corrected chi connectivity index (χ3v) is 3.85. The molecule has 1 fully saturated rings. The molecule has 2 rings (SSSR count). The van der Waals surface area contributed by atoms with Crippen LogP contribution in [0.2, 0.25) is 5.02 Å². The Morgan fingerprint density at radius 2 is 2.06 bits per heavy atom. The second-order valence-electron chi connectivity index (χ2n) is 4.66. The number of hydrogen-bond donors (Lipinski definition) is 0. The van der Waals surface area contributed by atoms with Crippen molar-refractivity contribution in [3.05, 3.63) is 28.8 Å². The molecule has 0 amide bonds. The summed E-state index contributed by atoms with van der Waals surface area (Å²) < 4.78 is 0. The highest BCUT2D eigenvalue weighted by Crippen LogP contribution is 2.28. The van der Waals surface area contributed by atoms with E-state index >= 15 is 0 Å². The lowest BCUT2D eigenvalue weighted by Gasteiger charge is -2.32. The normalized spacial score (nSPS) is 16.4. The summed E-state index contributed by atoms with van der Waals surface area (Å²) in [5.41, 5.74) is 1.49. The SMILES string of the molecule is CN(c1ccc(C#N)c(Cl)c1)C1CCC(=O)CC1. The van der Waals surface area contributed by atoms with E-state index in [-0.39, 0.29) is 0 Å². The summed E-state index contributed by atoms with van der Waals surface area (Å²) in [5, 5.41) is 9.32. The fourth-order valence-electron chi connectivity index (χ4n) is 2.34. The van der Waals surface area contributed by atoms with Crippen LogP contribution in [-0.4, -0.2) is 18.9 Å². The summed E-state index contributed by atoms with van der Waals surface area (Å²) >= 11 is 6.03. The molecule has 4 heteroatoms. The van der Waals surface area contributed by atoms with Gasteiger partial charge < -0.3 is 4.90 Å². The molecule has 0 aromatic heterocycles. The number of Topliss-reactive ketones (excluding diaryl/α,β-unsaturated/α-hetero) is 1. The number of ketones is 1.